The van der Waals surface area contributed by atoms with Gasteiger partial charge in [-0.15, -0.1) is 35.3 Å². The van der Waals surface area contributed by atoms with Crippen molar-refractivity contribution in [2.24, 2.45) is 4.99 Å². The molecule has 0 radical (unpaired) electrons. The summed E-state index contributed by atoms with van der Waals surface area (Å²) in [6, 6.07) is 10.1. The van der Waals surface area contributed by atoms with Crippen LogP contribution in [0.3, 0.4) is 0 Å². The summed E-state index contributed by atoms with van der Waals surface area (Å²) in [5.41, 5.74) is 0.788. The topological polar surface area (TPSA) is 65.5 Å². The lowest BCUT2D eigenvalue weighted by Gasteiger charge is -2.11. The molecule has 0 saturated heterocycles. The molecule has 3 N–H and O–H groups in total. The van der Waals surface area contributed by atoms with Crippen LogP contribution in [-0.2, 0) is 17.8 Å². The number of carbonyl (C=O) groups excluding carboxylic acids is 1. The first-order chi connectivity index (χ1) is 12.1. The molecule has 0 atom stereocenters. The zero-order valence-corrected chi connectivity index (χ0v) is 18.0. The first-order valence-electron chi connectivity index (χ1n) is 8.08. The molecule has 0 aliphatic rings. The van der Waals surface area contributed by atoms with E-state index in [1.54, 1.807) is 30.5 Å². The molecule has 2 aromatic rings. The average Bonchev–Trinajstić information content (AvgIpc) is 3.02. The Balaban J connectivity index is 0.00000338. The molecule has 0 aliphatic heterocycles. The van der Waals surface area contributed by atoms with Crippen molar-refractivity contribution >= 4 is 47.2 Å². The molecule has 1 aromatic carbocycles. The summed E-state index contributed by atoms with van der Waals surface area (Å²) in [6.45, 7) is 3.85. The van der Waals surface area contributed by atoms with Gasteiger partial charge in [0.1, 0.15) is 5.82 Å². The van der Waals surface area contributed by atoms with E-state index in [1.165, 1.54) is 21.9 Å². The van der Waals surface area contributed by atoms with E-state index in [4.69, 9.17) is 0 Å². The molecule has 2 rings (SSSR count). The summed E-state index contributed by atoms with van der Waals surface area (Å²) in [5.74, 6) is 0.300. The van der Waals surface area contributed by atoms with Crippen molar-refractivity contribution in [2.75, 3.05) is 20.1 Å². The fourth-order valence-electron chi connectivity index (χ4n) is 2.20. The predicted octanol–water partition coefficient (Wildman–Crippen LogP) is 2.84. The van der Waals surface area contributed by atoms with Crippen molar-refractivity contribution < 1.29 is 9.18 Å². The van der Waals surface area contributed by atoms with Crippen LogP contribution in [0.5, 0.6) is 0 Å². The van der Waals surface area contributed by atoms with Gasteiger partial charge < -0.3 is 16.0 Å². The third-order valence-electron chi connectivity index (χ3n) is 3.47. The van der Waals surface area contributed by atoms with Crippen molar-refractivity contribution in [3.63, 3.8) is 0 Å². The van der Waals surface area contributed by atoms with Crippen molar-refractivity contribution in [3.05, 3.63) is 57.5 Å². The number of guanidine groups is 1. The lowest BCUT2D eigenvalue weighted by Crippen LogP contribution is -2.41. The van der Waals surface area contributed by atoms with Crippen molar-refractivity contribution in [1.29, 1.82) is 0 Å². The average molecular weight is 490 g/mol. The highest BCUT2D eigenvalue weighted by Gasteiger charge is 2.04. The highest BCUT2D eigenvalue weighted by molar-refractivity contribution is 14.0. The molecular formula is C18H24FIN4OS. The maximum atomic E-state index is 12.8. The summed E-state index contributed by atoms with van der Waals surface area (Å²) < 4.78 is 12.8. The number of aliphatic imine (C=N–C) groups is 1. The quantitative estimate of drug-likeness (QED) is 0.242. The minimum absolute atomic E-state index is 0. The summed E-state index contributed by atoms with van der Waals surface area (Å²) in [6.07, 6.45) is 0.241. The van der Waals surface area contributed by atoms with Gasteiger partial charge in [0, 0.05) is 29.9 Å². The minimum atomic E-state index is -0.301. The van der Waals surface area contributed by atoms with E-state index in [9.17, 15) is 9.18 Å². The Kier molecular flexibility index (Phi) is 10.2. The fraction of sp³-hybridized carbons (Fsp3) is 0.333. The number of benzene rings is 1. The number of rotatable bonds is 7. The van der Waals surface area contributed by atoms with Gasteiger partial charge in [0.2, 0.25) is 5.91 Å². The molecular weight excluding hydrogens is 466 g/mol. The largest absolute Gasteiger partial charge is 0.355 e. The lowest BCUT2D eigenvalue weighted by molar-refractivity contribution is -0.120. The highest BCUT2D eigenvalue weighted by atomic mass is 127. The normalized spacial score (nSPS) is 10.8. The van der Waals surface area contributed by atoms with Crippen LogP contribution in [0.4, 0.5) is 4.39 Å². The molecule has 0 unspecified atom stereocenters. The van der Waals surface area contributed by atoms with Crippen LogP contribution in [0.15, 0.2) is 41.4 Å². The summed E-state index contributed by atoms with van der Waals surface area (Å²) >= 11 is 1.75. The van der Waals surface area contributed by atoms with Crippen molar-refractivity contribution in [2.45, 2.75) is 19.9 Å². The molecule has 0 fully saturated rings. The molecule has 142 valence electrons. The van der Waals surface area contributed by atoms with Gasteiger partial charge in [-0.3, -0.25) is 9.79 Å². The van der Waals surface area contributed by atoms with Crippen LogP contribution in [0.1, 0.15) is 15.3 Å². The van der Waals surface area contributed by atoms with Crippen LogP contribution in [0, 0.1) is 12.7 Å². The zero-order chi connectivity index (χ0) is 18.1. The first kappa shape index (κ1) is 22.4. The number of amides is 1. The monoisotopic (exact) mass is 490 g/mol. The Labute approximate surface area is 174 Å². The van der Waals surface area contributed by atoms with Crippen LogP contribution in [-0.4, -0.2) is 32.0 Å². The van der Waals surface area contributed by atoms with Crippen LogP contribution < -0.4 is 16.0 Å². The SMILES string of the molecule is CN=C(NCCNC(=O)Cc1ccc(F)cc1)NCc1ccc(C)s1.I. The highest BCUT2D eigenvalue weighted by Crippen LogP contribution is 2.14. The lowest BCUT2D eigenvalue weighted by atomic mass is 10.1. The standard InChI is InChI=1S/C18H23FN4OS.HI/c1-13-3-8-16(25-13)12-23-18(20-2)22-10-9-21-17(24)11-14-4-6-15(19)7-5-14;/h3-8H,9-12H2,1-2H3,(H,21,24)(H2,20,22,23);1H. The van der Waals surface area contributed by atoms with Crippen LogP contribution in [0.25, 0.3) is 0 Å². The third kappa shape index (κ3) is 8.13. The van der Waals surface area contributed by atoms with Gasteiger partial charge in [-0.25, -0.2) is 4.39 Å². The van der Waals surface area contributed by atoms with E-state index in [2.05, 4.69) is 40.0 Å². The Morgan fingerprint density at radius 2 is 1.77 bits per heavy atom. The molecule has 5 nitrogen and oxygen atoms in total. The summed E-state index contributed by atoms with van der Waals surface area (Å²) in [5, 5.41) is 9.21. The first-order valence-corrected chi connectivity index (χ1v) is 8.89. The van der Waals surface area contributed by atoms with Crippen molar-refractivity contribution in [3.8, 4) is 0 Å². The smallest absolute Gasteiger partial charge is 0.224 e. The minimum Gasteiger partial charge on any atom is -0.355 e. The Morgan fingerprint density at radius 3 is 2.38 bits per heavy atom. The van der Waals surface area contributed by atoms with Gasteiger partial charge in [-0.2, -0.15) is 0 Å². The Morgan fingerprint density at radius 1 is 1.08 bits per heavy atom. The van der Waals surface area contributed by atoms with E-state index in [0.717, 1.165) is 12.1 Å². The second kappa shape index (κ2) is 11.8. The van der Waals surface area contributed by atoms with Crippen molar-refractivity contribution in [1.82, 2.24) is 16.0 Å². The fourth-order valence-corrected chi connectivity index (χ4v) is 3.03. The number of aryl methyl sites for hydroxylation is 1. The maximum Gasteiger partial charge on any atom is 0.224 e. The molecule has 8 heteroatoms. The Bertz CT molecular complexity index is 718. The van der Waals surface area contributed by atoms with E-state index in [1.807, 2.05) is 0 Å². The van der Waals surface area contributed by atoms with Crippen LogP contribution >= 0.6 is 35.3 Å². The summed E-state index contributed by atoms with van der Waals surface area (Å²) in [4.78, 5) is 18.5. The molecule has 1 aromatic heterocycles. The second-order valence-corrected chi connectivity index (χ2v) is 6.89. The number of nitrogens with zero attached hydrogens (tertiary/aromatic N) is 1. The molecule has 0 bridgehead atoms. The number of carbonyl (C=O) groups is 1. The molecule has 0 saturated carbocycles. The molecule has 0 spiro atoms. The molecule has 1 amide bonds. The molecule has 1 heterocycles. The van der Waals surface area contributed by atoms with Gasteiger partial charge >= 0.3 is 0 Å². The zero-order valence-electron chi connectivity index (χ0n) is 14.8. The van der Waals surface area contributed by atoms with Gasteiger partial charge in [0.15, 0.2) is 5.96 Å². The molecule has 0 aliphatic carbocycles. The predicted molar refractivity (Wildman–Crippen MR) is 116 cm³/mol. The van der Waals surface area contributed by atoms with E-state index in [0.29, 0.717) is 19.0 Å². The number of nitrogens with one attached hydrogen (secondary N) is 3. The van der Waals surface area contributed by atoms with E-state index in [-0.39, 0.29) is 42.1 Å². The van der Waals surface area contributed by atoms with Gasteiger partial charge in [-0.1, -0.05) is 12.1 Å². The third-order valence-corrected chi connectivity index (χ3v) is 4.47. The maximum absolute atomic E-state index is 12.8. The number of thiophene rings is 1. The summed E-state index contributed by atoms with van der Waals surface area (Å²) in [7, 11) is 1.71. The second-order valence-electron chi connectivity index (χ2n) is 5.52. The van der Waals surface area contributed by atoms with E-state index >= 15 is 0 Å². The van der Waals surface area contributed by atoms with Gasteiger partial charge in [0.25, 0.3) is 0 Å². The van der Waals surface area contributed by atoms with E-state index < -0.39 is 0 Å². The number of hydrogen-bond acceptors (Lipinski definition) is 3. The van der Waals surface area contributed by atoms with Crippen LogP contribution in [0.2, 0.25) is 0 Å². The Hall–Kier alpha value is -1.68. The number of halogens is 2. The molecule has 26 heavy (non-hydrogen) atoms. The van der Waals surface area contributed by atoms with Gasteiger partial charge in [-0.05, 0) is 36.8 Å². The number of hydrogen-bond donors (Lipinski definition) is 3. The van der Waals surface area contributed by atoms with Gasteiger partial charge in [0.05, 0.1) is 13.0 Å².